The van der Waals surface area contributed by atoms with Gasteiger partial charge >= 0.3 is 0 Å². The normalized spacial score (nSPS) is 16.3. The van der Waals surface area contributed by atoms with Gasteiger partial charge in [0.2, 0.25) is 0 Å². The fraction of sp³-hybridized carbons (Fsp3) is 0.353. The number of aryl methyl sites for hydroxylation is 1. The van der Waals surface area contributed by atoms with E-state index in [9.17, 15) is 9.00 Å². The van der Waals surface area contributed by atoms with E-state index in [1.54, 1.807) is 17.0 Å². The predicted octanol–water partition coefficient (Wildman–Crippen LogP) is 2.37. The molecule has 0 N–H and O–H groups in total. The lowest BCUT2D eigenvalue weighted by molar-refractivity contribution is 0.0282. The lowest BCUT2D eigenvalue weighted by Crippen LogP contribution is -2.40. The molecule has 2 heterocycles. The van der Waals surface area contributed by atoms with Crippen LogP contribution in [-0.2, 0) is 21.3 Å². The maximum Gasteiger partial charge on any atom is 0.289 e. The molecule has 1 aliphatic rings. The highest BCUT2D eigenvalue weighted by molar-refractivity contribution is 7.84. The number of morpholine rings is 1. The number of furan rings is 1. The average molecular weight is 333 g/mol. The van der Waals surface area contributed by atoms with Crippen LogP contribution in [0, 0.1) is 6.92 Å². The molecule has 0 bridgehead atoms. The van der Waals surface area contributed by atoms with Crippen molar-refractivity contribution >= 4 is 16.7 Å². The lowest BCUT2D eigenvalue weighted by atomic mass is 10.2. The van der Waals surface area contributed by atoms with Gasteiger partial charge in [-0.05, 0) is 30.7 Å². The zero-order valence-corrected chi connectivity index (χ0v) is 13.8. The molecule has 6 heteroatoms. The summed E-state index contributed by atoms with van der Waals surface area (Å²) in [5.41, 5.74) is 0.988. The van der Waals surface area contributed by atoms with Gasteiger partial charge in [0, 0.05) is 18.0 Å². The van der Waals surface area contributed by atoms with Crippen molar-refractivity contribution in [2.24, 2.45) is 0 Å². The Morgan fingerprint density at radius 2 is 1.91 bits per heavy atom. The molecule has 3 rings (SSSR count). The van der Waals surface area contributed by atoms with E-state index in [0.29, 0.717) is 37.8 Å². The van der Waals surface area contributed by atoms with Crippen LogP contribution in [0.25, 0.3) is 0 Å². The first-order valence-corrected chi connectivity index (χ1v) is 8.87. The van der Waals surface area contributed by atoms with E-state index in [-0.39, 0.29) is 11.7 Å². The van der Waals surface area contributed by atoms with Crippen molar-refractivity contribution in [3.05, 3.63) is 53.5 Å². The van der Waals surface area contributed by atoms with Crippen LogP contribution in [0.15, 0.2) is 45.7 Å². The highest BCUT2D eigenvalue weighted by atomic mass is 32.2. The third kappa shape index (κ3) is 3.71. The van der Waals surface area contributed by atoms with Crippen LogP contribution >= 0.6 is 0 Å². The molecule has 0 aliphatic carbocycles. The van der Waals surface area contributed by atoms with Crippen molar-refractivity contribution < 1.29 is 18.2 Å². The number of carbonyl (C=O) groups is 1. The molecule has 0 radical (unpaired) electrons. The Bertz CT molecular complexity index is 719. The molecule has 122 valence electrons. The van der Waals surface area contributed by atoms with Gasteiger partial charge in [-0.15, -0.1) is 0 Å². The van der Waals surface area contributed by atoms with Gasteiger partial charge in [-0.2, -0.15) is 0 Å². The first-order valence-electron chi connectivity index (χ1n) is 7.55. The van der Waals surface area contributed by atoms with Crippen LogP contribution in [0.2, 0.25) is 0 Å². The number of carbonyl (C=O) groups excluding carboxylic acids is 1. The van der Waals surface area contributed by atoms with Crippen molar-refractivity contribution in [3.63, 3.8) is 0 Å². The van der Waals surface area contributed by atoms with Crippen molar-refractivity contribution in [2.75, 3.05) is 26.3 Å². The number of ether oxygens (including phenoxy) is 1. The number of rotatable bonds is 4. The van der Waals surface area contributed by atoms with Gasteiger partial charge in [0.15, 0.2) is 5.76 Å². The molecule has 23 heavy (non-hydrogen) atoms. The second kappa shape index (κ2) is 7.10. The Morgan fingerprint density at radius 1 is 1.17 bits per heavy atom. The first-order chi connectivity index (χ1) is 11.1. The van der Waals surface area contributed by atoms with Gasteiger partial charge < -0.3 is 14.1 Å². The number of hydrogen-bond acceptors (Lipinski definition) is 4. The van der Waals surface area contributed by atoms with E-state index in [1.165, 1.54) is 0 Å². The molecule has 1 amide bonds. The minimum Gasteiger partial charge on any atom is -0.455 e. The second-order valence-electron chi connectivity index (χ2n) is 5.43. The van der Waals surface area contributed by atoms with Gasteiger partial charge in [-0.1, -0.05) is 18.2 Å². The molecule has 1 aromatic heterocycles. The number of amides is 1. The monoisotopic (exact) mass is 333 g/mol. The summed E-state index contributed by atoms with van der Waals surface area (Å²) in [4.78, 5) is 14.8. The van der Waals surface area contributed by atoms with E-state index < -0.39 is 10.8 Å². The standard InChI is InChI=1S/C17H19NO4S/c1-13-4-2-3-5-16(13)23(20)12-14-6-7-15(22-14)17(19)18-8-10-21-11-9-18/h2-7H,8-12H2,1H3. The second-order valence-corrected chi connectivity index (χ2v) is 6.85. The molecule has 5 nitrogen and oxygen atoms in total. The quantitative estimate of drug-likeness (QED) is 0.862. The smallest absolute Gasteiger partial charge is 0.289 e. The zero-order valence-electron chi connectivity index (χ0n) is 13.0. The van der Waals surface area contributed by atoms with E-state index in [1.807, 2.05) is 31.2 Å². The van der Waals surface area contributed by atoms with E-state index in [4.69, 9.17) is 9.15 Å². The van der Waals surface area contributed by atoms with Crippen LogP contribution in [-0.4, -0.2) is 41.3 Å². The summed E-state index contributed by atoms with van der Waals surface area (Å²) in [7, 11) is -1.19. The Morgan fingerprint density at radius 3 is 2.65 bits per heavy atom. The number of hydrogen-bond donors (Lipinski definition) is 0. The summed E-state index contributed by atoms with van der Waals surface area (Å²) in [5.74, 6) is 0.981. The van der Waals surface area contributed by atoms with Gasteiger partial charge in [0.25, 0.3) is 5.91 Å². The summed E-state index contributed by atoms with van der Waals surface area (Å²) in [6.45, 7) is 4.18. The Hall–Kier alpha value is -1.92. The van der Waals surface area contributed by atoms with Crippen molar-refractivity contribution in [1.82, 2.24) is 4.90 Å². The largest absolute Gasteiger partial charge is 0.455 e. The van der Waals surface area contributed by atoms with Gasteiger partial charge in [-0.3, -0.25) is 9.00 Å². The highest BCUT2D eigenvalue weighted by Crippen LogP contribution is 2.19. The predicted molar refractivity (Wildman–Crippen MR) is 86.7 cm³/mol. The van der Waals surface area contributed by atoms with Crippen molar-refractivity contribution in [2.45, 2.75) is 17.6 Å². The molecule has 1 saturated heterocycles. The average Bonchev–Trinajstić information content (AvgIpc) is 3.03. The van der Waals surface area contributed by atoms with Crippen molar-refractivity contribution in [3.8, 4) is 0 Å². The maximum atomic E-state index is 12.5. The lowest BCUT2D eigenvalue weighted by Gasteiger charge is -2.25. The summed E-state index contributed by atoms with van der Waals surface area (Å²) in [6, 6.07) is 11.0. The van der Waals surface area contributed by atoms with Crippen LogP contribution < -0.4 is 0 Å². The summed E-state index contributed by atoms with van der Waals surface area (Å²) in [5, 5.41) is 0. The van der Waals surface area contributed by atoms with E-state index in [0.717, 1.165) is 10.5 Å². The molecule has 1 unspecified atom stereocenters. The Balaban J connectivity index is 1.68. The first kappa shape index (κ1) is 16.0. The Labute approximate surface area is 137 Å². The fourth-order valence-corrected chi connectivity index (χ4v) is 3.74. The topological polar surface area (TPSA) is 59.8 Å². The fourth-order valence-electron chi connectivity index (χ4n) is 2.51. The molecule has 1 aromatic carbocycles. The van der Waals surface area contributed by atoms with Crippen LogP contribution in [0.3, 0.4) is 0 Å². The molecule has 1 fully saturated rings. The Kier molecular flexibility index (Phi) is 4.93. The third-order valence-corrected chi connectivity index (χ3v) is 5.28. The highest BCUT2D eigenvalue weighted by Gasteiger charge is 2.22. The van der Waals surface area contributed by atoms with Gasteiger partial charge in [-0.25, -0.2) is 0 Å². The number of nitrogens with zero attached hydrogens (tertiary/aromatic N) is 1. The number of benzene rings is 1. The van der Waals surface area contributed by atoms with Crippen LogP contribution in [0.5, 0.6) is 0 Å². The summed E-state index contributed by atoms with van der Waals surface area (Å²) < 4.78 is 23.3. The molecule has 1 aliphatic heterocycles. The molecule has 0 saturated carbocycles. The van der Waals surface area contributed by atoms with E-state index in [2.05, 4.69) is 0 Å². The van der Waals surface area contributed by atoms with Crippen molar-refractivity contribution in [1.29, 1.82) is 0 Å². The van der Waals surface area contributed by atoms with Crippen LogP contribution in [0.1, 0.15) is 21.9 Å². The molecule has 1 atom stereocenters. The summed E-state index contributed by atoms with van der Waals surface area (Å²) in [6.07, 6.45) is 0. The summed E-state index contributed by atoms with van der Waals surface area (Å²) >= 11 is 0. The minimum absolute atomic E-state index is 0.138. The van der Waals surface area contributed by atoms with E-state index >= 15 is 0 Å². The van der Waals surface area contributed by atoms with Crippen LogP contribution in [0.4, 0.5) is 0 Å². The maximum absolute atomic E-state index is 12.5. The molecular formula is C17H19NO4S. The molecule has 2 aromatic rings. The molecule has 0 spiro atoms. The van der Waals surface area contributed by atoms with Gasteiger partial charge in [0.05, 0.1) is 29.8 Å². The molecular weight excluding hydrogens is 314 g/mol. The SMILES string of the molecule is Cc1ccccc1S(=O)Cc1ccc(C(=O)N2CCOCC2)o1. The van der Waals surface area contributed by atoms with Gasteiger partial charge in [0.1, 0.15) is 5.76 Å². The zero-order chi connectivity index (χ0) is 16.2. The minimum atomic E-state index is -1.19. The third-order valence-electron chi connectivity index (χ3n) is 3.78.